The molecule has 0 amide bonds. The van der Waals surface area contributed by atoms with Crippen LogP contribution in [-0.4, -0.2) is 40.1 Å². The van der Waals surface area contributed by atoms with E-state index in [9.17, 15) is 4.79 Å². The molecule has 0 aromatic heterocycles. The molecule has 0 heterocycles. The van der Waals surface area contributed by atoms with E-state index in [4.69, 9.17) is 11.6 Å². The van der Waals surface area contributed by atoms with Crippen LogP contribution < -0.4 is 0 Å². The smallest absolute Gasteiger partial charge is 0.221 e. The predicted octanol–water partition coefficient (Wildman–Crippen LogP) is -0.478. The Morgan fingerprint density at radius 1 is 1.44 bits per heavy atom. The van der Waals surface area contributed by atoms with E-state index in [1.165, 1.54) is 0 Å². The van der Waals surface area contributed by atoms with Crippen molar-refractivity contribution in [2.75, 3.05) is 0 Å². The van der Waals surface area contributed by atoms with E-state index in [1.807, 2.05) is 6.92 Å². The van der Waals surface area contributed by atoms with Crippen molar-refractivity contribution in [1.82, 2.24) is 0 Å². The van der Waals surface area contributed by atoms with E-state index in [1.54, 1.807) is 0 Å². The maximum atomic E-state index is 9.81. The fourth-order valence-corrected chi connectivity index (χ4v) is 0.386. The van der Waals surface area contributed by atoms with Crippen molar-refractivity contribution in [2.45, 2.75) is 19.8 Å². The summed E-state index contributed by atoms with van der Waals surface area (Å²) in [5.41, 5.74) is 0. The van der Waals surface area contributed by atoms with Crippen LogP contribution in [0.3, 0.4) is 0 Å². The quantitative estimate of drug-likeness (QED) is 0.488. The van der Waals surface area contributed by atoms with Crippen LogP contribution in [0.4, 0.5) is 0 Å². The summed E-state index contributed by atoms with van der Waals surface area (Å²) in [5.74, 6) is 0. The fourth-order valence-electron chi connectivity index (χ4n) is 0.197. The van der Waals surface area contributed by atoms with Gasteiger partial charge in [0.2, 0.25) is 5.24 Å². The Labute approximate surface area is 76.3 Å². The zero-order valence-corrected chi connectivity index (χ0v) is 8.81. The predicted molar refractivity (Wildman–Crippen MR) is 38.7 cm³/mol. The number of carbonyl (C=O) groups excluding carboxylic acids is 1. The molecular formula is C4H11ClO3Sn. The molecule has 0 aliphatic carbocycles. The van der Waals surface area contributed by atoms with Crippen molar-refractivity contribution in [2.24, 2.45) is 0 Å². The number of carbonyl (C=O) groups is 1. The van der Waals surface area contributed by atoms with Crippen LogP contribution in [0.5, 0.6) is 0 Å². The Kier molecular flexibility index (Phi) is 39.9. The van der Waals surface area contributed by atoms with Crippen LogP contribution in [0.2, 0.25) is 0 Å². The van der Waals surface area contributed by atoms with E-state index in [0.29, 0.717) is 6.42 Å². The molecule has 0 aromatic carbocycles. The molecule has 0 atom stereocenters. The monoisotopic (exact) mass is 262 g/mol. The van der Waals surface area contributed by atoms with Gasteiger partial charge in [-0.05, 0) is 18.0 Å². The summed E-state index contributed by atoms with van der Waals surface area (Å²) in [6, 6.07) is 0. The summed E-state index contributed by atoms with van der Waals surface area (Å²) < 4.78 is 0. The summed E-state index contributed by atoms with van der Waals surface area (Å²) in [4.78, 5) is 9.81. The van der Waals surface area contributed by atoms with Crippen molar-refractivity contribution in [3.05, 3.63) is 0 Å². The molecule has 0 unspecified atom stereocenters. The second-order valence-corrected chi connectivity index (χ2v) is 1.53. The van der Waals surface area contributed by atoms with Gasteiger partial charge in [-0.25, -0.2) is 0 Å². The average Bonchev–Trinajstić information content (AvgIpc) is 1.35. The fraction of sp³-hybridized carbons (Fsp3) is 0.750. The minimum absolute atomic E-state index is 0. The molecule has 0 saturated carbocycles. The van der Waals surface area contributed by atoms with Gasteiger partial charge in [0.1, 0.15) is 0 Å². The van der Waals surface area contributed by atoms with Gasteiger partial charge in [0.15, 0.2) is 0 Å². The third kappa shape index (κ3) is 28.6. The topological polar surface area (TPSA) is 80.1 Å². The second kappa shape index (κ2) is 15.9. The molecule has 9 heavy (non-hydrogen) atoms. The molecule has 0 spiro atoms. The first-order chi connectivity index (χ1) is 2.77. The molecule has 0 fully saturated rings. The number of hydrogen-bond donors (Lipinski definition) is 0. The Bertz CT molecular complexity index is 59.8. The van der Waals surface area contributed by atoms with Gasteiger partial charge in [-0.1, -0.05) is 6.92 Å². The molecule has 56 valence electrons. The molecule has 0 aromatic rings. The summed E-state index contributed by atoms with van der Waals surface area (Å²) in [5, 5.41) is -0.238. The number of hydrogen-bond acceptors (Lipinski definition) is 1. The summed E-state index contributed by atoms with van der Waals surface area (Å²) in [6.45, 7) is 1.92. The van der Waals surface area contributed by atoms with Crippen LogP contribution >= 0.6 is 11.6 Å². The van der Waals surface area contributed by atoms with Crippen molar-refractivity contribution >= 4 is 40.8 Å². The van der Waals surface area contributed by atoms with Gasteiger partial charge in [-0.2, -0.15) is 0 Å². The number of rotatable bonds is 2. The standard InChI is InChI=1S/C4H7ClO.2H2O.Sn/c1-2-3-4(5)6;;;/h2-3H2,1H3;2*1H2;. The van der Waals surface area contributed by atoms with Crippen molar-refractivity contribution in [3.63, 3.8) is 0 Å². The maximum Gasteiger partial charge on any atom is 0.221 e. The molecule has 5 heteroatoms. The Morgan fingerprint density at radius 2 is 1.78 bits per heavy atom. The number of halogens is 1. The maximum absolute atomic E-state index is 9.81. The van der Waals surface area contributed by atoms with Crippen LogP contribution in [0.1, 0.15) is 19.8 Å². The van der Waals surface area contributed by atoms with E-state index < -0.39 is 0 Å². The minimum Gasteiger partial charge on any atom is -0.412 e. The van der Waals surface area contributed by atoms with Gasteiger partial charge in [0, 0.05) is 30.3 Å². The first-order valence-corrected chi connectivity index (χ1v) is 2.33. The molecule has 4 radical (unpaired) electrons. The van der Waals surface area contributed by atoms with Crippen LogP contribution in [0.15, 0.2) is 0 Å². The summed E-state index contributed by atoms with van der Waals surface area (Å²) in [7, 11) is 0. The van der Waals surface area contributed by atoms with Crippen molar-refractivity contribution < 1.29 is 15.7 Å². The first kappa shape index (κ1) is 22.6. The zero-order chi connectivity index (χ0) is 4.99. The van der Waals surface area contributed by atoms with Gasteiger partial charge in [0.05, 0.1) is 0 Å². The van der Waals surface area contributed by atoms with Gasteiger partial charge >= 0.3 is 0 Å². The molecule has 3 nitrogen and oxygen atoms in total. The Morgan fingerprint density at radius 3 is 1.78 bits per heavy atom. The van der Waals surface area contributed by atoms with Gasteiger partial charge in [0.25, 0.3) is 0 Å². The molecule has 0 bridgehead atoms. The molecular weight excluding hydrogens is 250 g/mol. The molecule has 0 saturated heterocycles. The van der Waals surface area contributed by atoms with Crippen LogP contribution in [-0.2, 0) is 4.79 Å². The first-order valence-electron chi connectivity index (χ1n) is 1.95. The van der Waals surface area contributed by atoms with E-state index in [-0.39, 0.29) is 40.1 Å². The normalized spacial score (nSPS) is 5.56. The second-order valence-electron chi connectivity index (χ2n) is 1.11. The third-order valence-corrected chi connectivity index (χ3v) is 0.636. The van der Waals surface area contributed by atoms with Crippen LogP contribution in [0.25, 0.3) is 0 Å². The van der Waals surface area contributed by atoms with E-state index in [2.05, 4.69) is 0 Å². The van der Waals surface area contributed by atoms with E-state index in [0.717, 1.165) is 6.42 Å². The van der Waals surface area contributed by atoms with Gasteiger partial charge < -0.3 is 11.0 Å². The molecule has 0 aliphatic rings. The van der Waals surface area contributed by atoms with Crippen molar-refractivity contribution in [1.29, 1.82) is 0 Å². The zero-order valence-electron chi connectivity index (χ0n) is 5.20. The molecule has 0 aliphatic heterocycles. The van der Waals surface area contributed by atoms with Crippen molar-refractivity contribution in [3.8, 4) is 0 Å². The van der Waals surface area contributed by atoms with E-state index >= 15 is 0 Å². The summed E-state index contributed by atoms with van der Waals surface area (Å²) in [6.07, 6.45) is 1.35. The third-order valence-electron chi connectivity index (χ3n) is 0.447. The Balaban J connectivity index is -0.0000000417. The Hall–Kier alpha value is 0.679. The summed E-state index contributed by atoms with van der Waals surface area (Å²) >= 11 is 4.94. The average molecular weight is 261 g/mol. The van der Waals surface area contributed by atoms with Crippen LogP contribution in [0, 0.1) is 0 Å². The minimum atomic E-state index is -0.238. The largest absolute Gasteiger partial charge is 0.412 e. The van der Waals surface area contributed by atoms with Gasteiger partial charge in [-0.15, -0.1) is 0 Å². The molecule has 4 N–H and O–H groups in total. The molecule has 0 rings (SSSR count). The SMILES string of the molecule is CCCC(=O)Cl.O.O.[Sn]. The van der Waals surface area contributed by atoms with Gasteiger partial charge in [-0.3, -0.25) is 4.79 Å².